The van der Waals surface area contributed by atoms with Gasteiger partial charge in [0, 0.05) is 41.1 Å². The lowest BCUT2D eigenvalue weighted by atomic mass is 10.1. The first-order chi connectivity index (χ1) is 17.5. The Morgan fingerprint density at radius 1 is 1.00 bits per heavy atom. The second-order valence-corrected chi connectivity index (χ2v) is 8.86. The van der Waals surface area contributed by atoms with Gasteiger partial charge in [-0.3, -0.25) is 4.79 Å². The average molecular weight is 488 g/mol. The van der Waals surface area contributed by atoms with E-state index < -0.39 is 18.3 Å². The number of hydrogen-bond acceptors (Lipinski definition) is 6. The number of amides is 1. The molecule has 10 heteroatoms. The van der Waals surface area contributed by atoms with Gasteiger partial charge < -0.3 is 20.6 Å². The number of fused-ring (bicyclic) bond motifs is 1. The van der Waals surface area contributed by atoms with Crippen LogP contribution in [0.5, 0.6) is 0 Å². The Balaban J connectivity index is 1.20. The van der Waals surface area contributed by atoms with Crippen molar-refractivity contribution in [2.45, 2.75) is 12.3 Å². The molecule has 1 fully saturated rings. The molecule has 2 aromatic carbocycles. The Morgan fingerprint density at radius 3 is 2.53 bits per heavy atom. The molecule has 6 rings (SSSR count). The molecule has 0 spiro atoms. The van der Waals surface area contributed by atoms with Crippen molar-refractivity contribution in [3.63, 3.8) is 0 Å². The largest absolute Gasteiger partial charge is 0.351 e. The first-order valence-electron chi connectivity index (χ1n) is 11.6. The Labute approximate surface area is 205 Å². The van der Waals surface area contributed by atoms with E-state index in [1.54, 1.807) is 18.3 Å². The number of nitrogens with one attached hydrogen (secondary N) is 4. The summed E-state index contributed by atoms with van der Waals surface area (Å²) in [6.45, 7) is 0.309. The molecule has 4 aromatic rings. The monoisotopic (exact) mass is 487 g/mol. The van der Waals surface area contributed by atoms with E-state index in [0.29, 0.717) is 22.9 Å². The minimum atomic E-state index is -1.64. The average Bonchev–Trinajstić information content (AvgIpc) is 3.64. The normalized spacial score (nSPS) is 19.4. The van der Waals surface area contributed by atoms with Crippen LogP contribution in [0, 0.1) is 0 Å². The van der Waals surface area contributed by atoms with Crippen LogP contribution in [0.15, 0.2) is 67.0 Å². The van der Waals surface area contributed by atoms with E-state index in [9.17, 15) is 13.6 Å². The number of likely N-dealkylation sites (tertiary alicyclic amines) is 1. The molecule has 0 bridgehead atoms. The van der Waals surface area contributed by atoms with Crippen molar-refractivity contribution < 1.29 is 13.6 Å². The van der Waals surface area contributed by atoms with Gasteiger partial charge in [0.1, 0.15) is 11.5 Å². The Morgan fingerprint density at radius 2 is 1.78 bits per heavy atom. The number of benzene rings is 2. The van der Waals surface area contributed by atoms with Crippen LogP contribution in [0.4, 0.5) is 20.3 Å². The first kappa shape index (κ1) is 22.2. The zero-order valence-electron chi connectivity index (χ0n) is 19.1. The molecule has 8 nitrogen and oxygen atoms in total. The second-order valence-electron chi connectivity index (χ2n) is 8.86. The molecule has 2 aliphatic heterocycles. The Bertz CT molecular complexity index is 1460. The zero-order valence-corrected chi connectivity index (χ0v) is 19.1. The number of hydrogen-bond donors (Lipinski definition) is 4. The number of anilines is 2. The van der Waals surface area contributed by atoms with E-state index in [1.807, 2.05) is 48.7 Å². The molecule has 4 N–H and O–H groups in total. The van der Waals surface area contributed by atoms with Crippen LogP contribution < -0.4 is 16.2 Å². The van der Waals surface area contributed by atoms with Gasteiger partial charge in [0.25, 0.3) is 5.91 Å². The van der Waals surface area contributed by atoms with E-state index in [0.717, 1.165) is 28.7 Å². The maximum Gasteiger partial charge on any atom is 0.270 e. The summed E-state index contributed by atoms with van der Waals surface area (Å²) in [7, 11) is 0. The van der Waals surface area contributed by atoms with Crippen molar-refractivity contribution in [3.8, 4) is 11.4 Å². The van der Waals surface area contributed by atoms with Crippen LogP contribution in [0.3, 0.4) is 0 Å². The van der Waals surface area contributed by atoms with Crippen LogP contribution in [-0.2, 0) is 0 Å². The molecular formula is C26H23F2N7O. The highest BCUT2D eigenvalue weighted by molar-refractivity contribution is 5.99. The van der Waals surface area contributed by atoms with Crippen molar-refractivity contribution in [2.75, 3.05) is 25.0 Å². The lowest BCUT2D eigenvalue weighted by molar-refractivity contribution is 0.0774. The summed E-state index contributed by atoms with van der Waals surface area (Å²) in [5, 5.41) is 4.12. The van der Waals surface area contributed by atoms with Gasteiger partial charge in [0.2, 0.25) is 0 Å². The number of carbonyl (C=O) groups is 1. The van der Waals surface area contributed by atoms with Gasteiger partial charge in [-0.2, -0.15) is 0 Å². The zero-order chi connectivity index (χ0) is 24.6. The van der Waals surface area contributed by atoms with E-state index >= 15 is 0 Å². The molecule has 1 amide bonds. The van der Waals surface area contributed by atoms with Crippen LogP contribution in [-0.4, -0.2) is 57.7 Å². The van der Waals surface area contributed by atoms with E-state index in [1.165, 1.54) is 10.5 Å². The number of carbonyl (C=O) groups excluding carboxylic acids is 1. The summed E-state index contributed by atoms with van der Waals surface area (Å²) >= 11 is 0. The molecule has 2 aliphatic rings. The summed E-state index contributed by atoms with van der Waals surface area (Å²) in [4.78, 5) is 26.0. The third-order valence-electron chi connectivity index (χ3n) is 6.39. The van der Waals surface area contributed by atoms with Gasteiger partial charge in [-0.15, -0.1) is 0 Å². The predicted molar refractivity (Wildman–Crippen MR) is 134 cm³/mol. The molecule has 0 radical (unpaired) electrons. The highest BCUT2D eigenvalue weighted by Crippen LogP contribution is 2.26. The smallest absolute Gasteiger partial charge is 0.270 e. The molecule has 182 valence electrons. The van der Waals surface area contributed by atoms with Crippen LogP contribution in [0.1, 0.15) is 16.1 Å². The van der Waals surface area contributed by atoms with Crippen molar-refractivity contribution in [1.82, 2.24) is 30.7 Å². The third-order valence-corrected chi connectivity index (χ3v) is 6.39. The number of hydrazine groups is 1. The molecule has 2 aromatic heterocycles. The summed E-state index contributed by atoms with van der Waals surface area (Å²) < 4.78 is 27.1. The first-order valence-corrected chi connectivity index (χ1v) is 11.6. The lowest BCUT2D eigenvalue weighted by Crippen LogP contribution is -2.29. The predicted octanol–water partition coefficient (Wildman–Crippen LogP) is 3.95. The van der Waals surface area contributed by atoms with Gasteiger partial charge in [0.15, 0.2) is 18.2 Å². The van der Waals surface area contributed by atoms with E-state index in [4.69, 9.17) is 0 Å². The van der Waals surface area contributed by atoms with Crippen LogP contribution in [0.2, 0.25) is 0 Å². The van der Waals surface area contributed by atoms with Gasteiger partial charge >= 0.3 is 0 Å². The van der Waals surface area contributed by atoms with Crippen molar-refractivity contribution in [2.24, 2.45) is 0 Å². The number of halogens is 2. The molecule has 0 saturated carbocycles. The van der Waals surface area contributed by atoms with E-state index in [-0.39, 0.29) is 13.1 Å². The number of nitrogens with zero attached hydrogens (tertiary/aromatic N) is 3. The van der Waals surface area contributed by atoms with Crippen molar-refractivity contribution in [1.29, 1.82) is 0 Å². The minimum absolute atomic E-state index is 0.233. The summed E-state index contributed by atoms with van der Waals surface area (Å²) in [5.41, 5.74) is 11.0. The quantitative estimate of drug-likeness (QED) is 0.340. The number of H-pyrrole nitrogens is 1. The molecule has 1 saturated heterocycles. The fraction of sp³-hybridized carbons (Fsp3) is 0.192. The number of rotatable bonds is 5. The fourth-order valence-electron chi connectivity index (χ4n) is 4.45. The number of alkyl halides is 2. The van der Waals surface area contributed by atoms with Gasteiger partial charge in [-0.05, 0) is 41.5 Å². The maximum absolute atomic E-state index is 13.5. The Hall–Kier alpha value is -4.31. The van der Waals surface area contributed by atoms with E-state index in [2.05, 4.69) is 31.1 Å². The van der Waals surface area contributed by atoms with Gasteiger partial charge in [0.05, 0.1) is 13.1 Å². The third kappa shape index (κ3) is 4.27. The highest BCUT2D eigenvalue weighted by Gasteiger charge is 2.36. The topological polar surface area (TPSA) is 98.0 Å². The number of aromatic nitrogens is 3. The highest BCUT2D eigenvalue weighted by atomic mass is 19.2. The Kier molecular flexibility index (Phi) is 5.57. The molecule has 4 heterocycles. The SMILES string of the molecule is O=C(c1cc2ccc(-c3nccc(Nc4ccc(C5=CNNC5)cc4)n3)cc2[nH]1)N1C[C@@H](F)[C@@H](F)C1. The second kappa shape index (κ2) is 9.04. The summed E-state index contributed by atoms with van der Waals surface area (Å²) in [6.07, 6.45) is 0.353. The standard InChI is InChI=1S/C26H23F2N7O/c27-20-13-35(14-21(20)28)26(36)23-9-16-1-2-17(10-22(16)33-23)25-29-8-7-24(34-25)32-19-5-3-15(4-6-19)18-11-30-31-12-18/h1-11,20-21,30-31,33H,12-14H2,(H,29,32,34)/t20-,21+. The summed E-state index contributed by atoms with van der Waals surface area (Å²) in [6, 6.07) is 17.2. The van der Waals surface area contributed by atoms with Gasteiger partial charge in [-0.25, -0.2) is 24.2 Å². The molecule has 0 aliphatic carbocycles. The maximum atomic E-state index is 13.5. The lowest BCUT2D eigenvalue weighted by Gasteiger charge is -2.13. The molecular weight excluding hydrogens is 464 g/mol. The van der Waals surface area contributed by atoms with Gasteiger partial charge in [-0.1, -0.05) is 24.3 Å². The molecule has 0 unspecified atom stereocenters. The van der Waals surface area contributed by atoms with Crippen molar-refractivity contribution >= 4 is 33.9 Å². The molecule has 36 heavy (non-hydrogen) atoms. The summed E-state index contributed by atoms with van der Waals surface area (Å²) in [5.74, 6) is 0.754. The fourth-order valence-corrected chi connectivity index (χ4v) is 4.45. The van der Waals surface area contributed by atoms with Crippen LogP contribution in [0.25, 0.3) is 27.9 Å². The van der Waals surface area contributed by atoms with Crippen molar-refractivity contribution in [3.05, 3.63) is 78.3 Å². The molecule has 2 atom stereocenters. The van der Waals surface area contributed by atoms with Crippen LogP contribution >= 0.6 is 0 Å². The minimum Gasteiger partial charge on any atom is -0.351 e. The number of aromatic amines is 1.